The lowest BCUT2D eigenvalue weighted by molar-refractivity contribution is 0.00702. The Kier molecular flexibility index (Phi) is 5.66. The first-order valence-corrected chi connectivity index (χ1v) is 8.52. The fraction of sp³-hybridized carbons (Fsp3) is 0.667. The summed E-state index contributed by atoms with van der Waals surface area (Å²) in [6.07, 6.45) is -0.446. The highest BCUT2D eigenvalue weighted by Gasteiger charge is 2.34. The van der Waals surface area contributed by atoms with Crippen LogP contribution >= 0.6 is 11.3 Å². The first-order chi connectivity index (χ1) is 11.3. The number of ether oxygens (including phenoxy) is 2. The number of amides is 1. The molecule has 134 valence electrons. The molecule has 0 radical (unpaired) electrons. The molecule has 1 aromatic heterocycles. The van der Waals surface area contributed by atoms with Gasteiger partial charge in [-0.1, -0.05) is 0 Å². The number of carbonyl (C=O) groups is 2. The van der Waals surface area contributed by atoms with Gasteiger partial charge in [0, 0.05) is 19.6 Å². The number of aliphatic hydroxyl groups is 1. The van der Waals surface area contributed by atoms with Gasteiger partial charge < -0.3 is 19.5 Å². The number of methoxy groups -OCH3 is 1. The molecule has 0 bridgehead atoms. The largest absolute Gasteiger partial charge is 0.464 e. The van der Waals surface area contributed by atoms with Gasteiger partial charge in [-0.2, -0.15) is 0 Å². The Morgan fingerprint density at radius 1 is 1.42 bits per heavy atom. The molecule has 2 rings (SSSR count). The van der Waals surface area contributed by atoms with Crippen molar-refractivity contribution < 1.29 is 24.2 Å². The number of hydrogen-bond acceptors (Lipinski definition) is 8. The molecule has 8 nitrogen and oxygen atoms in total. The van der Waals surface area contributed by atoms with E-state index in [1.54, 1.807) is 26.3 Å². The molecule has 1 N–H and O–H groups in total. The van der Waals surface area contributed by atoms with E-state index in [0.717, 1.165) is 0 Å². The van der Waals surface area contributed by atoms with E-state index in [-0.39, 0.29) is 12.3 Å². The summed E-state index contributed by atoms with van der Waals surface area (Å²) in [7, 11) is 1.31. The molecule has 1 atom stereocenters. The molecule has 1 fully saturated rings. The van der Waals surface area contributed by atoms with Crippen molar-refractivity contribution >= 4 is 28.4 Å². The third-order valence-corrected chi connectivity index (χ3v) is 4.42. The average molecular weight is 357 g/mol. The Hall–Kier alpha value is -1.87. The van der Waals surface area contributed by atoms with E-state index in [4.69, 9.17) is 9.47 Å². The van der Waals surface area contributed by atoms with Gasteiger partial charge in [-0.15, -0.1) is 11.3 Å². The van der Waals surface area contributed by atoms with E-state index in [1.165, 1.54) is 23.3 Å². The third-order valence-electron chi connectivity index (χ3n) is 3.54. The first kappa shape index (κ1) is 18.5. The Morgan fingerprint density at radius 2 is 2.12 bits per heavy atom. The maximum atomic E-state index is 12.3. The molecule has 1 aliphatic heterocycles. The third kappa shape index (κ3) is 4.15. The Labute approximate surface area is 145 Å². The van der Waals surface area contributed by atoms with Crippen molar-refractivity contribution in [3.63, 3.8) is 0 Å². The summed E-state index contributed by atoms with van der Waals surface area (Å²) in [6, 6.07) is -0.416. The van der Waals surface area contributed by atoms with Crippen molar-refractivity contribution in [2.45, 2.75) is 32.4 Å². The molecule has 2 heterocycles. The second-order valence-corrected chi connectivity index (χ2v) is 7.29. The number of piperazine rings is 1. The fourth-order valence-corrected chi connectivity index (χ4v) is 3.28. The normalized spacial score (nSPS) is 18.5. The molecule has 24 heavy (non-hydrogen) atoms. The molecule has 0 spiro atoms. The van der Waals surface area contributed by atoms with Gasteiger partial charge in [0.25, 0.3) is 0 Å². The number of carbonyl (C=O) groups excluding carboxylic acids is 2. The van der Waals surface area contributed by atoms with Gasteiger partial charge in [-0.25, -0.2) is 14.6 Å². The number of anilines is 1. The van der Waals surface area contributed by atoms with E-state index in [2.05, 4.69) is 4.98 Å². The highest BCUT2D eigenvalue weighted by molar-refractivity contribution is 7.14. The van der Waals surface area contributed by atoms with Crippen LogP contribution in [0.15, 0.2) is 5.51 Å². The van der Waals surface area contributed by atoms with Crippen LogP contribution in [-0.2, 0) is 9.47 Å². The minimum absolute atomic E-state index is 0.192. The number of aromatic nitrogens is 1. The van der Waals surface area contributed by atoms with Crippen LogP contribution < -0.4 is 4.90 Å². The van der Waals surface area contributed by atoms with E-state index >= 15 is 0 Å². The topological polar surface area (TPSA) is 92.2 Å². The predicted octanol–water partition coefficient (Wildman–Crippen LogP) is 1.35. The van der Waals surface area contributed by atoms with E-state index in [1.807, 2.05) is 4.90 Å². The Bertz CT molecular complexity index is 598. The van der Waals surface area contributed by atoms with Crippen LogP contribution in [0.2, 0.25) is 0 Å². The molecular formula is C15H23N3O5S. The minimum Gasteiger partial charge on any atom is -0.464 e. The predicted molar refractivity (Wildman–Crippen MR) is 89.5 cm³/mol. The maximum Gasteiger partial charge on any atom is 0.410 e. The van der Waals surface area contributed by atoms with E-state index in [0.29, 0.717) is 24.6 Å². The number of esters is 1. The zero-order chi connectivity index (χ0) is 17.9. The van der Waals surface area contributed by atoms with Gasteiger partial charge in [0.2, 0.25) is 0 Å². The van der Waals surface area contributed by atoms with Gasteiger partial charge in [-0.3, -0.25) is 4.90 Å². The molecule has 1 amide bonds. The molecule has 0 aromatic carbocycles. The van der Waals surface area contributed by atoms with Crippen molar-refractivity contribution in [2.24, 2.45) is 0 Å². The lowest BCUT2D eigenvalue weighted by Crippen LogP contribution is -2.57. The Morgan fingerprint density at radius 3 is 2.71 bits per heavy atom. The van der Waals surface area contributed by atoms with Gasteiger partial charge in [0.05, 0.1) is 25.3 Å². The highest BCUT2D eigenvalue weighted by atomic mass is 32.1. The van der Waals surface area contributed by atoms with Crippen molar-refractivity contribution in [3.05, 3.63) is 11.2 Å². The summed E-state index contributed by atoms with van der Waals surface area (Å²) in [4.78, 5) is 31.6. The zero-order valence-electron chi connectivity index (χ0n) is 14.3. The first-order valence-electron chi connectivity index (χ1n) is 7.64. The van der Waals surface area contributed by atoms with Gasteiger partial charge in [0.15, 0.2) is 5.69 Å². The van der Waals surface area contributed by atoms with E-state index in [9.17, 15) is 14.7 Å². The van der Waals surface area contributed by atoms with Gasteiger partial charge in [-0.05, 0) is 20.8 Å². The van der Waals surface area contributed by atoms with Crippen LogP contribution in [0, 0.1) is 0 Å². The highest BCUT2D eigenvalue weighted by Crippen LogP contribution is 2.28. The molecule has 1 aromatic rings. The van der Waals surface area contributed by atoms with Gasteiger partial charge >= 0.3 is 12.1 Å². The second kappa shape index (κ2) is 7.35. The van der Waals surface area contributed by atoms with Crippen molar-refractivity contribution in [2.75, 3.05) is 38.3 Å². The van der Waals surface area contributed by atoms with Crippen molar-refractivity contribution in [3.8, 4) is 0 Å². The molecule has 0 aliphatic carbocycles. The second-order valence-electron chi connectivity index (χ2n) is 6.45. The number of hydrogen-bond donors (Lipinski definition) is 1. The van der Waals surface area contributed by atoms with Crippen molar-refractivity contribution in [1.82, 2.24) is 9.88 Å². The lowest BCUT2D eigenvalue weighted by Gasteiger charge is -2.41. The van der Waals surface area contributed by atoms with E-state index < -0.39 is 23.7 Å². The van der Waals surface area contributed by atoms with Crippen LogP contribution in [0.5, 0.6) is 0 Å². The summed E-state index contributed by atoms with van der Waals surface area (Å²) in [5.41, 5.74) is 1.24. The molecule has 1 unspecified atom stereocenters. The van der Waals surface area contributed by atoms with Crippen molar-refractivity contribution in [1.29, 1.82) is 0 Å². The van der Waals surface area contributed by atoms with Crippen LogP contribution in [0.4, 0.5) is 9.80 Å². The van der Waals surface area contributed by atoms with Crippen LogP contribution in [-0.4, -0.2) is 72.0 Å². The van der Waals surface area contributed by atoms with Crippen LogP contribution in [0.3, 0.4) is 0 Å². The lowest BCUT2D eigenvalue weighted by atomic mass is 10.1. The van der Waals surface area contributed by atoms with Crippen LogP contribution in [0.1, 0.15) is 31.3 Å². The Balaban J connectivity index is 2.11. The molecule has 1 aliphatic rings. The smallest absolute Gasteiger partial charge is 0.410 e. The monoisotopic (exact) mass is 357 g/mol. The molecule has 9 heteroatoms. The number of rotatable bonds is 3. The summed E-state index contributed by atoms with van der Waals surface area (Å²) < 4.78 is 10.1. The number of aliphatic hydroxyl groups excluding tert-OH is 1. The summed E-state index contributed by atoms with van der Waals surface area (Å²) in [6.45, 7) is 6.50. The van der Waals surface area contributed by atoms with Crippen LogP contribution in [0.25, 0.3) is 0 Å². The SMILES string of the molecule is COC(=O)c1ncsc1N1CCN(C(=O)OC(C)(C)C)C(CO)C1. The quantitative estimate of drug-likeness (QED) is 0.816. The average Bonchev–Trinajstić information content (AvgIpc) is 3.01. The summed E-state index contributed by atoms with van der Waals surface area (Å²) in [5.74, 6) is -0.499. The molecule has 1 saturated heterocycles. The molecule has 0 saturated carbocycles. The molecular weight excluding hydrogens is 334 g/mol. The fourth-order valence-electron chi connectivity index (χ4n) is 2.46. The maximum absolute atomic E-state index is 12.3. The summed E-state index contributed by atoms with van der Waals surface area (Å²) >= 11 is 1.33. The minimum atomic E-state index is -0.593. The standard InChI is InChI=1S/C15H23N3O5S/c1-15(2,3)23-14(21)18-6-5-17(7-10(18)8-19)12-11(13(20)22-4)16-9-24-12/h9-10,19H,5-8H2,1-4H3. The zero-order valence-corrected chi connectivity index (χ0v) is 15.1. The number of nitrogens with zero attached hydrogens (tertiary/aromatic N) is 3. The number of thiazole rings is 1. The summed E-state index contributed by atoms with van der Waals surface area (Å²) in [5, 5.41) is 10.4. The van der Waals surface area contributed by atoms with Gasteiger partial charge in [0.1, 0.15) is 10.6 Å².